The summed E-state index contributed by atoms with van der Waals surface area (Å²) in [7, 11) is 0. The minimum atomic E-state index is -0.0746. The summed E-state index contributed by atoms with van der Waals surface area (Å²) in [5, 5.41) is 5.54. The van der Waals surface area contributed by atoms with E-state index in [1.165, 1.54) is 25.7 Å². The average Bonchev–Trinajstić information content (AvgIpc) is 2.61. The molecule has 2 N–H and O–H groups in total. The van der Waals surface area contributed by atoms with E-state index in [2.05, 4.69) is 66.2 Å². The third kappa shape index (κ3) is 20.2. The molecule has 0 bridgehead atoms. The number of carbonyl (C=O) groups is 1. The van der Waals surface area contributed by atoms with Gasteiger partial charge >= 0.3 is 6.03 Å². The number of carbonyl (C=O) groups excluding carboxylic acids is 1. The van der Waals surface area contributed by atoms with Crippen LogP contribution in [0.15, 0.2) is 48.6 Å². The van der Waals surface area contributed by atoms with Crippen LogP contribution in [0.3, 0.4) is 0 Å². The summed E-state index contributed by atoms with van der Waals surface area (Å²) in [5.41, 5.74) is 0. The largest absolute Gasteiger partial charge is 0.338 e. The number of nitrogens with one attached hydrogen (secondary N) is 2. The van der Waals surface area contributed by atoms with Crippen LogP contribution in [0.25, 0.3) is 0 Å². The molecule has 3 heteroatoms. The smallest absolute Gasteiger partial charge is 0.314 e. The van der Waals surface area contributed by atoms with E-state index in [0.717, 1.165) is 38.6 Å². The van der Waals surface area contributed by atoms with Gasteiger partial charge in [0.2, 0.25) is 0 Å². The molecular weight excluding hydrogens is 308 g/mol. The van der Waals surface area contributed by atoms with Gasteiger partial charge in [-0.2, -0.15) is 0 Å². The molecule has 0 aromatic carbocycles. The number of hydrogen-bond acceptors (Lipinski definition) is 1. The van der Waals surface area contributed by atoms with Crippen LogP contribution in [0.5, 0.6) is 0 Å². The van der Waals surface area contributed by atoms with E-state index in [9.17, 15) is 4.79 Å². The Labute approximate surface area is 155 Å². The first-order valence-electron chi connectivity index (χ1n) is 9.92. The fourth-order valence-corrected chi connectivity index (χ4v) is 2.21. The Bertz CT molecular complexity index is 408. The molecule has 3 nitrogen and oxygen atoms in total. The number of hydrogen-bond donors (Lipinski definition) is 2. The molecule has 0 aliphatic rings. The van der Waals surface area contributed by atoms with Gasteiger partial charge in [-0.15, -0.1) is 0 Å². The highest BCUT2D eigenvalue weighted by atomic mass is 16.2. The Morgan fingerprint density at radius 1 is 0.680 bits per heavy atom. The Kier molecular flexibility index (Phi) is 18.8. The number of allylic oxidation sites excluding steroid dienone is 8. The predicted octanol–water partition coefficient (Wildman–Crippen LogP) is 6.06. The predicted molar refractivity (Wildman–Crippen MR) is 111 cm³/mol. The monoisotopic (exact) mass is 346 g/mol. The Hall–Kier alpha value is -1.77. The van der Waals surface area contributed by atoms with Gasteiger partial charge in [-0.3, -0.25) is 0 Å². The molecule has 2 amide bonds. The Balaban J connectivity index is 3.41. The third-order valence-electron chi connectivity index (χ3n) is 3.63. The van der Waals surface area contributed by atoms with Gasteiger partial charge < -0.3 is 10.6 Å². The normalized spacial score (nSPS) is 12.1. The second-order valence-electron chi connectivity index (χ2n) is 6.02. The quantitative estimate of drug-likeness (QED) is 0.274. The summed E-state index contributed by atoms with van der Waals surface area (Å²) in [6.45, 7) is 5.55. The molecular formula is C22H38N2O. The molecule has 0 aliphatic heterocycles. The van der Waals surface area contributed by atoms with E-state index in [-0.39, 0.29) is 6.03 Å². The molecule has 0 aromatic heterocycles. The van der Waals surface area contributed by atoms with E-state index in [0.29, 0.717) is 6.54 Å². The van der Waals surface area contributed by atoms with Crippen molar-refractivity contribution in [2.75, 3.05) is 13.1 Å². The number of rotatable bonds is 15. The van der Waals surface area contributed by atoms with Gasteiger partial charge in [0.25, 0.3) is 0 Å². The molecule has 0 heterocycles. The molecule has 0 atom stereocenters. The molecule has 0 aromatic rings. The highest BCUT2D eigenvalue weighted by Crippen LogP contribution is 2.01. The molecule has 0 radical (unpaired) electrons. The molecule has 142 valence electrons. The fraction of sp³-hybridized carbons (Fsp3) is 0.591. The van der Waals surface area contributed by atoms with Gasteiger partial charge in [-0.05, 0) is 51.9 Å². The van der Waals surface area contributed by atoms with Gasteiger partial charge in [0.1, 0.15) is 0 Å². The van der Waals surface area contributed by atoms with Crippen LogP contribution in [0.4, 0.5) is 4.79 Å². The first kappa shape index (κ1) is 23.2. The topological polar surface area (TPSA) is 41.1 Å². The summed E-state index contributed by atoms with van der Waals surface area (Å²) in [4.78, 5) is 11.2. The molecule has 0 unspecified atom stereocenters. The molecule has 0 spiro atoms. The van der Waals surface area contributed by atoms with E-state index < -0.39 is 0 Å². The lowest BCUT2D eigenvalue weighted by Crippen LogP contribution is -2.35. The lowest BCUT2D eigenvalue weighted by molar-refractivity contribution is 0.241. The Morgan fingerprint density at radius 3 is 1.72 bits per heavy atom. The molecule has 0 saturated heterocycles. The standard InChI is InChI=1S/C22H38N2O/c1-3-5-6-7-8-9-10-11-12-13-14-15-16-17-18-19-20-21-24-22(25)23-4-2/h8-9,11-12,14-15,17-18H,3-7,10,13,16,19-21H2,1-2H3,(H2,23,24,25)/b9-8-,12-11-,15-14-,18-17-. The van der Waals surface area contributed by atoms with E-state index in [4.69, 9.17) is 0 Å². The summed E-state index contributed by atoms with van der Waals surface area (Å²) >= 11 is 0. The van der Waals surface area contributed by atoms with Crippen molar-refractivity contribution in [2.24, 2.45) is 0 Å². The Morgan fingerprint density at radius 2 is 1.20 bits per heavy atom. The van der Waals surface area contributed by atoms with Crippen LogP contribution in [0, 0.1) is 0 Å². The SMILES string of the molecule is CCCCC/C=C\C/C=C\C/C=C\C/C=C\CCCNC(=O)NCC. The number of urea groups is 1. The number of unbranched alkanes of at least 4 members (excludes halogenated alkanes) is 4. The van der Waals surface area contributed by atoms with Crippen molar-refractivity contribution < 1.29 is 4.79 Å². The highest BCUT2D eigenvalue weighted by molar-refractivity contribution is 5.73. The van der Waals surface area contributed by atoms with Crippen LogP contribution >= 0.6 is 0 Å². The average molecular weight is 347 g/mol. The third-order valence-corrected chi connectivity index (χ3v) is 3.63. The van der Waals surface area contributed by atoms with Crippen LogP contribution in [0.1, 0.15) is 71.6 Å². The van der Waals surface area contributed by atoms with Crippen molar-refractivity contribution in [3.63, 3.8) is 0 Å². The second-order valence-corrected chi connectivity index (χ2v) is 6.02. The maximum atomic E-state index is 11.2. The van der Waals surface area contributed by atoms with E-state index in [1.807, 2.05) is 6.92 Å². The zero-order valence-electron chi connectivity index (χ0n) is 16.3. The first-order chi connectivity index (χ1) is 12.3. The van der Waals surface area contributed by atoms with Crippen molar-refractivity contribution in [1.29, 1.82) is 0 Å². The van der Waals surface area contributed by atoms with Gasteiger partial charge in [0.15, 0.2) is 0 Å². The molecule has 25 heavy (non-hydrogen) atoms. The van der Waals surface area contributed by atoms with Crippen LogP contribution in [-0.2, 0) is 0 Å². The van der Waals surface area contributed by atoms with Crippen LogP contribution < -0.4 is 10.6 Å². The van der Waals surface area contributed by atoms with Crippen LogP contribution in [0.2, 0.25) is 0 Å². The number of amides is 2. The summed E-state index contributed by atoms with van der Waals surface area (Å²) in [6, 6.07) is -0.0746. The van der Waals surface area contributed by atoms with Crippen molar-refractivity contribution in [3.05, 3.63) is 48.6 Å². The molecule has 0 aliphatic carbocycles. The summed E-state index contributed by atoms with van der Waals surface area (Å²) in [5.74, 6) is 0. The minimum absolute atomic E-state index is 0.0746. The van der Waals surface area contributed by atoms with Crippen molar-refractivity contribution in [3.8, 4) is 0 Å². The lowest BCUT2D eigenvalue weighted by atomic mass is 10.2. The zero-order valence-corrected chi connectivity index (χ0v) is 16.3. The highest BCUT2D eigenvalue weighted by Gasteiger charge is 1.94. The van der Waals surface area contributed by atoms with Gasteiger partial charge in [0.05, 0.1) is 0 Å². The van der Waals surface area contributed by atoms with Crippen molar-refractivity contribution in [2.45, 2.75) is 71.6 Å². The zero-order chi connectivity index (χ0) is 18.4. The lowest BCUT2D eigenvalue weighted by Gasteiger charge is -2.03. The van der Waals surface area contributed by atoms with E-state index >= 15 is 0 Å². The van der Waals surface area contributed by atoms with Gasteiger partial charge in [-0.25, -0.2) is 4.79 Å². The molecule has 0 rings (SSSR count). The van der Waals surface area contributed by atoms with E-state index in [1.54, 1.807) is 0 Å². The second kappa shape index (κ2) is 20.3. The van der Waals surface area contributed by atoms with Gasteiger partial charge in [0, 0.05) is 13.1 Å². The van der Waals surface area contributed by atoms with Crippen molar-refractivity contribution >= 4 is 6.03 Å². The van der Waals surface area contributed by atoms with Crippen LogP contribution in [-0.4, -0.2) is 19.1 Å². The minimum Gasteiger partial charge on any atom is -0.338 e. The maximum absolute atomic E-state index is 11.2. The summed E-state index contributed by atoms with van der Waals surface area (Å²) < 4.78 is 0. The maximum Gasteiger partial charge on any atom is 0.314 e. The van der Waals surface area contributed by atoms with Crippen molar-refractivity contribution in [1.82, 2.24) is 10.6 Å². The summed E-state index contributed by atoms with van der Waals surface area (Å²) in [6.07, 6.45) is 28.0. The first-order valence-corrected chi connectivity index (χ1v) is 9.92. The molecule has 0 saturated carbocycles. The fourth-order valence-electron chi connectivity index (χ4n) is 2.21. The molecule has 0 fully saturated rings. The van der Waals surface area contributed by atoms with Gasteiger partial charge in [-0.1, -0.05) is 68.4 Å².